The van der Waals surface area contributed by atoms with Crippen molar-refractivity contribution in [3.63, 3.8) is 0 Å². The number of nitrogens with zero attached hydrogens (tertiary/aromatic N) is 5. The van der Waals surface area contributed by atoms with Crippen LogP contribution in [0.15, 0.2) is 12.5 Å². The molecule has 7 nitrogen and oxygen atoms in total. The maximum Gasteiger partial charge on any atom is 0.257 e. The topological polar surface area (TPSA) is 83.6 Å². The summed E-state index contributed by atoms with van der Waals surface area (Å²) in [5.41, 5.74) is 1.27. The number of fused-ring (bicyclic) bond motifs is 1. The molecular weight excluding hydrogens is 258 g/mol. The van der Waals surface area contributed by atoms with E-state index in [1.165, 1.54) is 6.33 Å². The number of amides is 1. The minimum absolute atomic E-state index is 0.0728. The van der Waals surface area contributed by atoms with Crippen LogP contribution in [0.2, 0.25) is 0 Å². The lowest BCUT2D eigenvalue weighted by Gasteiger charge is -2.18. The van der Waals surface area contributed by atoms with Crippen LogP contribution in [0.4, 0.5) is 0 Å². The Hall–Kier alpha value is -2.02. The summed E-state index contributed by atoms with van der Waals surface area (Å²) >= 11 is 0. The summed E-state index contributed by atoms with van der Waals surface area (Å²) in [7, 11) is 1.77. The van der Waals surface area contributed by atoms with Crippen LogP contribution < -0.4 is 0 Å². The fraction of sp³-hybridized carbons (Fsp3) is 0.538. The van der Waals surface area contributed by atoms with Crippen molar-refractivity contribution >= 4 is 11.7 Å². The van der Waals surface area contributed by atoms with Crippen molar-refractivity contribution in [1.82, 2.24) is 24.5 Å². The van der Waals surface area contributed by atoms with Gasteiger partial charge in [0.15, 0.2) is 0 Å². The second kappa shape index (κ2) is 6.42. The van der Waals surface area contributed by atoms with E-state index in [0.29, 0.717) is 17.9 Å². The van der Waals surface area contributed by atoms with Gasteiger partial charge in [0.25, 0.3) is 11.7 Å². The Labute approximate surface area is 117 Å². The molecule has 0 fully saturated rings. The lowest BCUT2D eigenvalue weighted by atomic mass is 10.2. The highest BCUT2D eigenvalue weighted by molar-refractivity contribution is 5.94. The maximum absolute atomic E-state index is 12.4. The van der Waals surface area contributed by atoms with E-state index >= 15 is 0 Å². The van der Waals surface area contributed by atoms with Gasteiger partial charge in [-0.1, -0.05) is 0 Å². The number of carbonyl (C=O) groups excluding carboxylic acids is 1. The Balaban J connectivity index is 2.08. The molecule has 20 heavy (non-hydrogen) atoms. The number of aromatic nitrogens is 4. The number of aliphatic hydroxyl groups excluding tert-OH is 1. The van der Waals surface area contributed by atoms with Gasteiger partial charge in [-0.25, -0.2) is 9.50 Å². The van der Waals surface area contributed by atoms with E-state index in [1.807, 2.05) is 6.92 Å². The molecule has 0 aromatic carbocycles. The Bertz CT molecular complexity index is 595. The molecule has 2 heterocycles. The van der Waals surface area contributed by atoms with Crippen molar-refractivity contribution in [3.05, 3.63) is 23.8 Å². The summed E-state index contributed by atoms with van der Waals surface area (Å²) in [6, 6.07) is 0. The van der Waals surface area contributed by atoms with Gasteiger partial charge in [-0.2, -0.15) is 10.1 Å². The molecule has 0 saturated heterocycles. The first-order chi connectivity index (χ1) is 9.65. The lowest BCUT2D eigenvalue weighted by Crippen LogP contribution is -2.29. The molecule has 0 saturated carbocycles. The first-order valence-electron chi connectivity index (χ1n) is 6.67. The number of aliphatic hydroxyl groups is 1. The van der Waals surface area contributed by atoms with Crippen molar-refractivity contribution in [2.75, 3.05) is 20.2 Å². The van der Waals surface area contributed by atoms with Gasteiger partial charge >= 0.3 is 0 Å². The number of unbranched alkanes of at least 4 members (excludes halogenated alkanes) is 2. The number of rotatable bonds is 6. The maximum atomic E-state index is 12.4. The van der Waals surface area contributed by atoms with Crippen LogP contribution in [0.5, 0.6) is 0 Å². The highest BCUT2D eigenvalue weighted by Gasteiger charge is 2.17. The molecule has 0 radical (unpaired) electrons. The molecule has 108 valence electrons. The van der Waals surface area contributed by atoms with Crippen molar-refractivity contribution in [1.29, 1.82) is 0 Å². The smallest absolute Gasteiger partial charge is 0.257 e. The zero-order valence-corrected chi connectivity index (χ0v) is 11.8. The van der Waals surface area contributed by atoms with Crippen LogP contribution in [0.25, 0.3) is 5.78 Å². The molecule has 2 aromatic rings. The van der Waals surface area contributed by atoms with Crippen molar-refractivity contribution < 1.29 is 9.90 Å². The van der Waals surface area contributed by atoms with Crippen LogP contribution in [0, 0.1) is 6.92 Å². The van der Waals surface area contributed by atoms with Gasteiger partial charge in [0.1, 0.15) is 6.33 Å². The van der Waals surface area contributed by atoms with Gasteiger partial charge in [0.2, 0.25) is 0 Å². The van der Waals surface area contributed by atoms with Crippen molar-refractivity contribution in [3.8, 4) is 0 Å². The van der Waals surface area contributed by atoms with Crippen molar-refractivity contribution in [2.24, 2.45) is 0 Å². The van der Waals surface area contributed by atoms with E-state index in [0.717, 1.165) is 25.0 Å². The molecule has 0 aliphatic carbocycles. The average molecular weight is 277 g/mol. The predicted octanol–water partition coefficient (Wildman–Crippen LogP) is 0.667. The largest absolute Gasteiger partial charge is 0.396 e. The van der Waals surface area contributed by atoms with Crippen LogP contribution >= 0.6 is 0 Å². The summed E-state index contributed by atoms with van der Waals surface area (Å²) in [6.07, 6.45) is 5.52. The van der Waals surface area contributed by atoms with Crippen LogP contribution in [-0.4, -0.2) is 55.7 Å². The lowest BCUT2D eigenvalue weighted by molar-refractivity contribution is 0.0790. The standard InChI is InChI=1S/C13H19N5O2/c1-10-11(8-14-13-15-9-16-18(10)13)12(20)17(2)6-4-3-5-7-19/h8-9,19H,3-7H2,1-2H3. The van der Waals surface area contributed by atoms with E-state index < -0.39 is 0 Å². The number of hydrogen-bond donors (Lipinski definition) is 1. The number of carbonyl (C=O) groups is 1. The van der Waals surface area contributed by atoms with E-state index in [4.69, 9.17) is 5.11 Å². The summed E-state index contributed by atoms with van der Waals surface area (Å²) in [6.45, 7) is 2.69. The van der Waals surface area contributed by atoms with Gasteiger partial charge in [0.05, 0.1) is 11.3 Å². The molecule has 1 N–H and O–H groups in total. The molecule has 0 aliphatic heterocycles. The number of aryl methyl sites for hydroxylation is 1. The van der Waals surface area contributed by atoms with Crippen molar-refractivity contribution in [2.45, 2.75) is 26.2 Å². The average Bonchev–Trinajstić information content (AvgIpc) is 2.92. The van der Waals surface area contributed by atoms with E-state index in [9.17, 15) is 4.79 Å². The highest BCUT2D eigenvalue weighted by atomic mass is 16.2. The Morgan fingerprint density at radius 3 is 2.90 bits per heavy atom. The minimum Gasteiger partial charge on any atom is -0.396 e. The van der Waals surface area contributed by atoms with E-state index in [2.05, 4.69) is 15.1 Å². The highest BCUT2D eigenvalue weighted by Crippen LogP contribution is 2.10. The van der Waals surface area contributed by atoms with Gasteiger partial charge in [-0.3, -0.25) is 4.79 Å². The molecule has 2 aromatic heterocycles. The Morgan fingerprint density at radius 1 is 1.35 bits per heavy atom. The second-order valence-corrected chi connectivity index (χ2v) is 4.74. The SMILES string of the molecule is Cc1c(C(=O)N(C)CCCCCO)cnc2ncnn12. The van der Waals surface area contributed by atoms with Crippen LogP contribution in [-0.2, 0) is 0 Å². The molecular formula is C13H19N5O2. The van der Waals surface area contributed by atoms with E-state index in [1.54, 1.807) is 22.7 Å². The monoisotopic (exact) mass is 277 g/mol. The third kappa shape index (κ3) is 2.93. The van der Waals surface area contributed by atoms with Gasteiger partial charge in [0, 0.05) is 26.4 Å². The molecule has 1 amide bonds. The molecule has 7 heteroatoms. The van der Waals surface area contributed by atoms with Crippen LogP contribution in [0.3, 0.4) is 0 Å². The van der Waals surface area contributed by atoms with Gasteiger partial charge in [-0.15, -0.1) is 0 Å². The zero-order valence-electron chi connectivity index (χ0n) is 11.8. The quantitative estimate of drug-likeness (QED) is 0.784. The zero-order chi connectivity index (χ0) is 14.5. The van der Waals surface area contributed by atoms with E-state index in [-0.39, 0.29) is 12.5 Å². The van der Waals surface area contributed by atoms with Gasteiger partial charge in [-0.05, 0) is 26.2 Å². The minimum atomic E-state index is -0.0728. The molecule has 0 spiro atoms. The first kappa shape index (κ1) is 14.4. The molecule has 0 bridgehead atoms. The Kier molecular flexibility index (Phi) is 4.62. The third-order valence-corrected chi connectivity index (χ3v) is 3.28. The summed E-state index contributed by atoms with van der Waals surface area (Å²) in [5.74, 6) is 0.418. The predicted molar refractivity (Wildman–Crippen MR) is 73.4 cm³/mol. The fourth-order valence-electron chi connectivity index (χ4n) is 2.04. The first-order valence-corrected chi connectivity index (χ1v) is 6.67. The van der Waals surface area contributed by atoms with Crippen LogP contribution in [0.1, 0.15) is 35.3 Å². The molecule has 2 rings (SSSR count). The molecule has 0 unspecified atom stereocenters. The normalized spacial score (nSPS) is 10.9. The number of hydrogen-bond acceptors (Lipinski definition) is 5. The fourth-order valence-corrected chi connectivity index (χ4v) is 2.04. The van der Waals surface area contributed by atoms with Gasteiger partial charge < -0.3 is 10.0 Å². The molecule has 0 atom stereocenters. The molecule has 0 aliphatic rings. The Morgan fingerprint density at radius 2 is 2.15 bits per heavy atom. The summed E-state index contributed by atoms with van der Waals surface area (Å²) in [4.78, 5) is 22.2. The summed E-state index contributed by atoms with van der Waals surface area (Å²) in [5, 5.41) is 12.8. The summed E-state index contributed by atoms with van der Waals surface area (Å²) < 4.78 is 1.56. The second-order valence-electron chi connectivity index (χ2n) is 4.74. The third-order valence-electron chi connectivity index (χ3n) is 3.28.